The Balaban J connectivity index is 2.22. The Morgan fingerprint density at radius 2 is 1.89 bits per heavy atom. The Hall–Kier alpha value is -2.31. The molecule has 1 N–H and O–H groups in total. The highest BCUT2D eigenvalue weighted by Crippen LogP contribution is 2.17. The summed E-state index contributed by atoms with van der Waals surface area (Å²) >= 11 is 0. The summed E-state index contributed by atoms with van der Waals surface area (Å²) in [5, 5.41) is 10.3. The molecule has 19 heavy (non-hydrogen) atoms. The number of benzene rings is 1. The van der Waals surface area contributed by atoms with Crippen LogP contribution in [0.1, 0.15) is 18.2 Å². The molecule has 3 heteroatoms. The maximum atomic E-state index is 10.3. The highest BCUT2D eigenvalue weighted by molar-refractivity contribution is 5.40. The third kappa shape index (κ3) is 3.34. The first-order valence-corrected chi connectivity index (χ1v) is 5.93. The zero-order valence-corrected chi connectivity index (χ0v) is 10.9. The molecule has 0 bridgehead atoms. The number of rotatable bonds is 2. The van der Waals surface area contributed by atoms with E-state index in [9.17, 15) is 5.11 Å². The molecule has 96 valence electrons. The summed E-state index contributed by atoms with van der Waals surface area (Å²) in [6, 6.07) is 12.7. The molecule has 1 aromatic heterocycles. The van der Waals surface area contributed by atoms with Gasteiger partial charge < -0.3 is 9.84 Å². The summed E-state index contributed by atoms with van der Waals surface area (Å²) < 4.78 is 5.08. The average Bonchev–Trinajstić information content (AvgIpc) is 2.47. The van der Waals surface area contributed by atoms with Crippen LogP contribution >= 0.6 is 0 Å². The highest BCUT2D eigenvalue weighted by Gasteiger charge is 2.20. The van der Waals surface area contributed by atoms with Gasteiger partial charge in [0.25, 0.3) is 0 Å². The van der Waals surface area contributed by atoms with E-state index in [0.29, 0.717) is 5.69 Å². The molecule has 0 unspecified atom stereocenters. The van der Waals surface area contributed by atoms with Crippen LogP contribution in [0.15, 0.2) is 48.7 Å². The van der Waals surface area contributed by atoms with Crippen molar-refractivity contribution in [3.63, 3.8) is 0 Å². The number of nitrogens with zero attached hydrogens (tertiary/aromatic N) is 1. The second-order valence-corrected chi connectivity index (χ2v) is 4.27. The summed E-state index contributed by atoms with van der Waals surface area (Å²) in [5.41, 5.74) is 0.0919. The molecule has 1 heterocycles. The number of pyridine rings is 1. The maximum absolute atomic E-state index is 10.3. The fraction of sp³-hybridized carbons (Fsp3) is 0.188. The van der Waals surface area contributed by atoms with E-state index in [4.69, 9.17) is 4.74 Å². The minimum Gasteiger partial charge on any atom is -0.497 e. The van der Waals surface area contributed by atoms with Crippen molar-refractivity contribution in [3.8, 4) is 17.6 Å². The summed E-state index contributed by atoms with van der Waals surface area (Å²) in [5.74, 6) is 6.55. The van der Waals surface area contributed by atoms with Crippen molar-refractivity contribution in [3.05, 3.63) is 59.9 Å². The summed E-state index contributed by atoms with van der Waals surface area (Å²) in [4.78, 5) is 4.12. The largest absolute Gasteiger partial charge is 0.497 e. The first-order chi connectivity index (χ1) is 9.12. The standard InChI is InChI=1S/C16H15NO2/c1-16(18,15-5-3-4-12-17-15)11-10-13-6-8-14(19-2)9-7-13/h3-9,12,18H,1-2H3/t16-/m0/s1. The van der Waals surface area contributed by atoms with Crippen LogP contribution in [0.3, 0.4) is 0 Å². The fourth-order valence-electron chi connectivity index (χ4n) is 1.58. The van der Waals surface area contributed by atoms with E-state index in [1.807, 2.05) is 30.3 Å². The molecule has 2 rings (SSSR count). The van der Waals surface area contributed by atoms with Gasteiger partial charge in [-0.3, -0.25) is 4.98 Å². The molecule has 0 spiro atoms. The third-order valence-electron chi connectivity index (χ3n) is 2.70. The van der Waals surface area contributed by atoms with Crippen LogP contribution in [0.2, 0.25) is 0 Å². The number of ether oxygens (including phenoxy) is 1. The fourth-order valence-corrected chi connectivity index (χ4v) is 1.58. The van der Waals surface area contributed by atoms with Gasteiger partial charge in [0.1, 0.15) is 5.75 Å². The van der Waals surface area contributed by atoms with Crippen LogP contribution in [-0.2, 0) is 5.60 Å². The van der Waals surface area contributed by atoms with Crippen LogP contribution < -0.4 is 4.74 Å². The molecular weight excluding hydrogens is 238 g/mol. The van der Waals surface area contributed by atoms with Crippen molar-refractivity contribution >= 4 is 0 Å². The Bertz CT molecular complexity index is 592. The van der Waals surface area contributed by atoms with Crippen molar-refractivity contribution in [2.24, 2.45) is 0 Å². The predicted molar refractivity (Wildman–Crippen MR) is 73.7 cm³/mol. The van der Waals surface area contributed by atoms with E-state index in [-0.39, 0.29) is 0 Å². The van der Waals surface area contributed by atoms with Crippen molar-refractivity contribution in [1.29, 1.82) is 0 Å². The van der Waals surface area contributed by atoms with Gasteiger partial charge in [-0.15, -0.1) is 0 Å². The van der Waals surface area contributed by atoms with Gasteiger partial charge in [0.15, 0.2) is 5.60 Å². The molecule has 2 aromatic rings. The second-order valence-electron chi connectivity index (χ2n) is 4.27. The number of hydrogen-bond donors (Lipinski definition) is 1. The van der Waals surface area contributed by atoms with E-state index >= 15 is 0 Å². The van der Waals surface area contributed by atoms with Gasteiger partial charge in [-0.25, -0.2) is 0 Å². The van der Waals surface area contributed by atoms with Crippen LogP contribution in [0.25, 0.3) is 0 Å². The summed E-state index contributed by atoms with van der Waals surface area (Å²) in [7, 11) is 1.62. The van der Waals surface area contributed by atoms with Gasteiger partial charge in [-0.1, -0.05) is 17.9 Å². The zero-order chi connectivity index (χ0) is 13.7. The topological polar surface area (TPSA) is 42.4 Å². The van der Waals surface area contributed by atoms with Crippen LogP contribution in [0.4, 0.5) is 0 Å². The molecule has 0 aliphatic carbocycles. The van der Waals surface area contributed by atoms with Crippen molar-refractivity contribution < 1.29 is 9.84 Å². The lowest BCUT2D eigenvalue weighted by Gasteiger charge is -2.14. The quantitative estimate of drug-likeness (QED) is 0.835. The van der Waals surface area contributed by atoms with Gasteiger partial charge in [-0.05, 0) is 43.3 Å². The van der Waals surface area contributed by atoms with E-state index in [2.05, 4.69) is 16.8 Å². The van der Waals surface area contributed by atoms with E-state index in [0.717, 1.165) is 11.3 Å². The van der Waals surface area contributed by atoms with Crippen LogP contribution in [0.5, 0.6) is 5.75 Å². The lowest BCUT2D eigenvalue weighted by atomic mass is 10.0. The monoisotopic (exact) mass is 253 g/mol. The molecule has 0 aliphatic heterocycles. The van der Waals surface area contributed by atoms with Crippen molar-refractivity contribution in [2.75, 3.05) is 7.11 Å². The van der Waals surface area contributed by atoms with Crippen LogP contribution in [-0.4, -0.2) is 17.2 Å². The first kappa shape index (κ1) is 13.1. The van der Waals surface area contributed by atoms with Crippen molar-refractivity contribution in [1.82, 2.24) is 4.98 Å². The molecule has 1 atom stereocenters. The molecule has 0 amide bonds. The van der Waals surface area contributed by atoms with E-state index in [1.165, 1.54) is 0 Å². The minimum absolute atomic E-state index is 0.538. The number of hydrogen-bond acceptors (Lipinski definition) is 3. The highest BCUT2D eigenvalue weighted by atomic mass is 16.5. The maximum Gasteiger partial charge on any atom is 0.165 e. The molecule has 0 saturated carbocycles. The molecule has 0 saturated heterocycles. The lowest BCUT2D eigenvalue weighted by molar-refractivity contribution is 0.117. The molecular formula is C16H15NO2. The zero-order valence-electron chi connectivity index (χ0n) is 10.9. The van der Waals surface area contributed by atoms with Gasteiger partial charge in [0.05, 0.1) is 12.8 Å². The first-order valence-electron chi connectivity index (χ1n) is 5.93. The normalized spacial score (nSPS) is 13.0. The number of methoxy groups -OCH3 is 1. The van der Waals surface area contributed by atoms with Crippen LogP contribution in [0, 0.1) is 11.8 Å². The summed E-state index contributed by atoms with van der Waals surface area (Å²) in [6.45, 7) is 1.63. The van der Waals surface area contributed by atoms with Gasteiger partial charge >= 0.3 is 0 Å². The van der Waals surface area contributed by atoms with E-state index < -0.39 is 5.60 Å². The third-order valence-corrected chi connectivity index (χ3v) is 2.70. The molecule has 3 nitrogen and oxygen atoms in total. The molecule has 0 aliphatic rings. The molecule has 1 aromatic carbocycles. The number of aromatic nitrogens is 1. The predicted octanol–water partition coefficient (Wildman–Crippen LogP) is 2.35. The van der Waals surface area contributed by atoms with Gasteiger partial charge in [0, 0.05) is 11.8 Å². The lowest BCUT2D eigenvalue weighted by Crippen LogP contribution is -2.19. The summed E-state index contributed by atoms with van der Waals surface area (Å²) in [6.07, 6.45) is 1.64. The Morgan fingerprint density at radius 1 is 1.16 bits per heavy atom. The SMILES string of the molecule is COc1ccc(C#C[C@](C)(O)c2ccccn2)cc1. The second kappa shape index (κ2) is 5.55. The van der Waals surface area contributed by atoms with Crippen molar-refractivity contribution in [2.45, 2.75) is 12.5 Å². The van der Waals surface area contributed by atoms with Gasteiger partial charge in [-0.2, -0.15) is 0 Å². The molecule has 0 fully saturated rings. The number of aliphatic hydroxyl groups is 1. The Kier molecular flexibility index (Phi) is 3.84. The minimum atomic E-state index is -1.26. The smallest absolute Gasteiger partial charge is 0.165 e. The Labute approximate surface area is 112 Å². The average molecular weight is 253 g/mol. The molecule has 0 radical (unpaired) electrons. The van der Waals surface area contributed by atoms with Gasteiger partial charge in [0.2, 0.25) is 0 Å². The Morgan fingerprint density at radius 3 is 2.47 bits per heavy atom. The van der Waals surface area contributed by atoms with E-state index in [1.54, 1.807) is 32.4 Å².